The molecule has 0 unspecified atom stereocenters. The van der Waals surface area contributed by atoms with Crippen LogP contribution in [0.25, 0.3) is 11.4 Å². The Kier molecular flexibility index (Phi) is 5.16. The Morgan fingerprint density at radius 3 is 2.79 bits per heavy atom. The summed E-state index contributed by atoms with van der Waals surface area (Å²) in [6.45, 7) is -1.28. The topological polar surface area (TPSA) is 164 Å². The fraction of sp³-hybridized carbons (Fsp3) is 0.333. The third-order valence-corrected chi connectivity index (χ3v) is 4.85. The van der Waals surface area contributed by atoms with E-state index in [9.17, 15) is 14.7 Å². The molecule has 1 saturated carbocycles. The predicted molar refractivity (Wildman–Crippen MR) is 117 cm³/mol. The summed E-state index contributed by atoms with van der Waals surface area (Å²) in [6.07, 6.45) is 0.589. The van der Waals surface area contributed by atoms with Gasteiger partial charge in [-0.2, -0.15) is 4.98 Å². The molecule has 4 N–H and O–H groups in total. The maximum Gasteiger partial charge on any atom is 0.273 e. The molecular weight excluding hydrogens is 430 g/mol. The number of carbonyl (C=O) groups is 2. The molecule has 0 spiro atoms. The number of nitrogens with one attached hydrogen (secondary N) is 3. The highest BCUT2D eigenvalue weighted by Crippen LogP contribution is 2.37. The largest absolute Gasteiger partial charge is 0.494 e. The second-order valence-electron chi connectivity index (χ2n) is 7.35. The van der Waals surface area contributed by atoms with Gasteiger partial charge in [-0.25, -0.2) is 0 Å². The lowest BCUT2D eigenvalue weighted by Crippen LogP contribution is -2.22. The second-order valence-corrected chi connectivity index (χ2v) is 7.35. The second kappa shape index (κ2) is 9.20. The zero-order valence-electron chi connectivity index (χ0n) is 20.7. The molecule has 1 aromatic carbocycles. The summed E-state index contributed by atoms with van der Waals surface area (Å²) in [6, 6.07) is 6.32. The van der Waals surface area contributed by atoms with E-state index < -0.39 is 19.0 Å². The number of amides is 2. The lowest BCUT2D eigenvalue weighted by Gasteiger charge is -2.16. The van der Waals surface area contributed by atoms with E-state index in [1.165, 1.54) is 20.1 Å². The molecule has 12 nitrogen and oxygen atoms in total. The van der Waals surface area contributed by atoms with Crippen LogP contribution in [0, 0.1) is 5.92 Å². The summed E-state index contributed by atoms with van der Waals surface area (Å²) in [4.78, 5) is 29.0. The Labute approximate surface area is 193 Å². The highest BCUT2D eigenvalue weighted by Gasteiger charge is 2.30. The molecular formula is C21H23N7O5. The summed E-state index contributed by atoms with van der Waals surface area (Å²) in [7, 11) is 1.41. The Morgan fingerprint density at radius 2 is 2.12 bits per heavy atom. The number of hydrogen-bond acceptors (Lipinski definition) is 10. The van der Waals surface area contributed by atoms with E-state index in [1.54, 1.807) is 18.2 Å². The number of nitrogens with zero attached hydrogens (tertiary/aromatic N) is 4. The van der Waals surface area contributed by atoms with Crippen molar-refractivity contribution in [3.63, 3.8) is 0 Å². The first-order chi connectivity index (χ1) is 17.1. The van der Waals surface area contributed by atoms with Crippen LogP contribution in [0.3, 0.4) is 0 Å². The van der Waals surface area contributed by atoms with Crippen molar-refractivity contribution in [1.29, 1.82) is 0 Å². The number of aliphatic hydroxyl groups excluding tert-OH is 1. The van der Waals surface area contributed by atoms with E-state index in [0.717, 1.165) is 12.8 Å². The third-order valence-electron chi connectivity index (χ3n) is 4.85. The SMILES string of the molecule is [2H]C([2H])([2H])NC(=O)c1nnc(NC(=O)C2CC2)cc1Nc1cccc(-c2noc([C@@H](C)O)n2)c1OC. The first kappa shape index (κ1) is 18.5. The molecule has 0 bridgehead atoms. The number of hydrogen-bond donors (Lipinski definition) is 4. The number of methoxy groups -OCH3 is 1. The fourth-order valence-corrected chi connectivity index (χ4v) is 3.04. The summed E-state index contributed by atoms with van der Waals surface area (Å²) in [5.74, 6) is -0.811. The quantitative estimate of drug-likeness (QED) is 0.394. The molecule has 2 amide bonds. The van der Waals surface area contributed by atoms with Gasteiger partial charge in [-0.15, -0.1) is 10.2 Å². The van der Waals surface area contributed by atoms with Crippen molar-refractivity contribution < 1.29 is 28.1 Å². The number of ether oxygens (including phenoxy) is 1. The van der Waals surface area contributed by atoms with Crippen LogP contribution in [0.2, 0.25) is 0 Å². The zero-order chi connectivity index (χ0) is 26.0. The summed E-state index contributed by atoms with van der Waals surface area (Å²) < 4.78 is 32.6. The van der Waals surface area contributed by atoms with E-state index >= 15 is 0 Å². The molecule has 3 aromatic rings. The van der Waals surface area contributed by atoms with Gasteiger partial charge in [0.1, 0.15) is 6.10 Å². The van der Waals surface area contributed by atoms with Crippen LogP contribution in [0.15, 0.2) is 28.8 Å². The highest BCUT2D eigenvalue weighted by molar-refractivity contribution is 6.00. The van der Waals surface area contributed by atoms with Crippen molar-refractivity contribution in [2.45, 2.75) is 25.9 Å². The van der Waals surface area contributed by atoms with Gasteiger partial charge in [0.25, 0.3) is 11.8 Å². The zero-order valence-corrected chi connectivity index (χ0v) is 17.7. The average molecular weight is 456 g/mol. The van der Waals surface area contributed by atoms with E-state index in [2.05, 4.69) is 31.0 Å². The molecule has 1 atom stereocenters. The lowest BCUT2D eigenvalue weighted by atomic mass is 10.1. The van der Waals surface area contributed by atoms with Crippen LogP contribution in [0.5, 0.6) is 5.75 Å². The van der Waals surface area contributed by atoms with E-state index in [1.807, 2.05) is 5.32 Å². The van der Waals surface area contributed by atoms with Crippen LogP contribution in [0.4, 0.5) is 17.2 Å². The van der Waals surface area contributed by atoms with Gasteiger partial charge >= 0.3 is 0 Å². The molecule has 2 heterocycles. The molecule has 1 fully saturated rings. The Bertz CT molecular complexity index is 1290. The van der Waals surface area contributed by atoms with Gasteiger partial charge in [0, 0.05) is 23.1 Å². The monoisotopic (exact) mass is 456 g/mol. The fourth-order valence-electron chi connectivity index (χ4n) is 3.04. The molecule has 0 saturated heterocycles. The molecule has 172 valence electrons. The Balaban J connectivity index is 1.72. The van der Waals surface area contributed by atoms with Crippen molar-refractivity contribution in [3.8, 4) is 17.1 Å². The maximum absolute atomic E-state index is 12.6. The number of anilines is 3. The van der Waals surface area contributed by atoms with Crippen LogP contribution in [0.1, 0.15) is 46.4 Å². The number of para-hydroxylation sites is 1. The van der Waals surface area contributed by atoms with Crippen molar-refractivity contribution in [2.24, 2.45) is 5.92 Å². The normalized spacial score (nSPS) is 15.5. The van der Waals surface area contributed by atoms with Crippen molar-refractivity contribution in [2.75, 3.05) is 24.7 Å². The van der Waals surface area contributed by atoms with Gasteiger partial charge in [-0.3, -0.25) is 9.59 Å². The van der Waals surface area contributed by atoms with E-state index in [4.69, 9.17) is 13.4 Å². The predicted octanol–water partition coefficient (Wildman–Crippen LogP) is 2.04. The van der Waals surface area contributed by atoms with E-state index in [-0.39, 0.29) is 46.5 Å². The number of rotatable bonds is 8. The van der Waals surface area contributed by atoms with Crippen LogP contribution >= 0.6 is 0 Å². The maximum atomic E-state index is 12.6. The molecule has 2 aromatic heterocycles. The van der Waals surface area contributed by atoms with Gasteiger partial charge in [0.15, 0.2) is 17.3 Å². The van der Waals surface area contributed by atoms with E-state index in [0.29, 0.717) is 11.3 Å². The number of aromatic nitrogens is 4. The third kappa shape index (κ3) is 4.75. The summed E-state index contributed by atoms with van der Waals surface area (Å²) in [5, 5.41) is 28.8. The first-order valence-corrected chi connectivity index (χ1v) is 10.0. The number of aliphatic hydroxyl groups is 1. The smallest absolute Gasteiger partial charge is 0.273 e. The first-order valence-electron chi connectivity index (χ1n) is 11.5. The minimum atomic E-state index is -2.76. The number of carbonyl (C=O) groups excluding carboxylic acids is 2. The van der Waals surface area contributed by atoms with Crippen molar-refractivity contribution >= 4 is 29.0 Å². The summed E-state index contributed by atoms with van der Waals surface area (Å²) in [5.41, 5.74) is 0.495. The van der Waals surface area contributed by atoms with Crippen molar-refractivity contribution in [3.05, 3.63) is 35.9 Å². The van der Waals surface area contributed by atoms with Crippen molar-refractivity contribution in [1.82, 2.24) is 25.7 Å². The molecule has 1 aliphatic rings. The van der Waals surface area contributed by atoms with Gasteiger partial charge in [0.05, 0.1) is 24.0 Å². The van der Waals surface area contributed by atoms with Gasteiger partial charge in [-0.1, -0.05) is 11.2 Å². The molecule has 4 rings (SSSR count). The lowest BCUT2D eigenvalue weighted by molar-refractivity contribution is -0.117. The minimum Gasteiger partial charge on any atom is -0.494 e. The molecule has 33 heavy (non-hydrogen) atoms. The average Bonchev–Trinajstić information content (AvgIpc) is 3.54. The van der Waals surface area contributed by atoms with Crippen LogP contribution in [-0.2, 0) is 4.79 Å². The highest BCUT2D eigenvalue weighted by atomic mass is 16.5. The van der Waals surface area contributed by atoms with Crippen LogP contribution in [-0.4, -0.2) is 51.3 Å². The van der Waals surface area contributed by atoms with Gasteiger partial charge in [0.2, 0.25) is 11.7 Å². The van der Waals surface area contributed by atoms with Gasteiger partial charge < -0.3 is 30.3 Å². The Morgan fingerprint density at radius 1 is 1.30 bits per heavy atom. The minimum absolute atomic E-state index is 0.0171. The number of benzene rings is 1. The molecule has 0 radical (unpaired) electrons. The molecule has 12 heteroatoms. The van der Waals surface area contributed by atoms with Crippen LogP contribution < -0.4 is 20.7 Å². The standard InChI is InChI=1S/C21H23N7O5/c1-10(29)21-25-18(28-33-21)12-5-4-6-13(17(12)32-3)23-14-9-15(24-19(30)11-7-8-11)26-27-16(14)20(31)22-2/h4-6,9-11,29H,7-8H2,1-3H3,(H,22,31)(H2,23,24,26,30)/t10-/m1/s1/i2D3. The molecule has 0 aliphatic heterocycles. The molecule has 1 aliphatic carbocycles. The van der Waals surface area contributed by atoms with Gasteiger partial charge in [-0.05, 0) is 31.9 Å². The summed E-state index contributed by atoms with van der Waals surface area (Å²) >= 11 is 0. The Hall–Kier alpha value is -4.06.